The Morgan fingerprint density at radius 3 is 2.68 bits per heavy atom. The summed E-state index contributed by atoms with van der Waals surface area (Å²) in [6.45, 7) is 1.62. The standard InChI is InChI=1S/C13H11FN2O3/c1-8-3-2-4-12(13(8)14)19-9-5-6-11(16(17)18)10(15)7-9/h2-7H,15H2,1H3. The zero-order valence-corrected chi connectivity index (χ0v) is 10.1. The number of anilines is 1. The fourth-order valence-corrected chi connectivity index (χ4v) is 1.59. The average Bonchev–Trinajstić information content (AvgIpc) is 2.34. The zero-order valence-electron chi connectivity index (χ0n) is 10.1. The number of hydrogen-bond donors (Lipinski definition) is 1. The average molecular weight is 262 g/mol. The van der Waals surface area contributed by atoms with Gasteiger partial charge in [-0.3, -0.25) is 10.1 Å². The van der Waals surface area contributed by atoms with Crippen LogP contribution >= 0.6 is 0 Å². The molecule has 6 heteroatoms. The second kappa shape index (κ2) is 4.93. The third kappa shape index (κ3) is 2.62. The van der Waals surface area contributed by atoms with E-state index in [9.17, 15) is 14.5 Å². The lowest BCUT2D eigenvalue weighted by Gasteiger charge is -2.08. The lowest BCUT2D eigenvalue weighted by atomic mass is 10.2. The number of aryl methyl sites for hydroxylation is 1. The Balaban J connectivity index is 2.32. The number of rotatable bonds is 3. The molecule has 0 aliphatic carbocycles. The van der Waals surface area contributed by atoms with Crippen molar-refractivity contribution in [3.8, 4) is 11.5 Å². The van der Waals surface area contributed by atoms with Gasteiger partial charge in [-0.1, -0.05) is 12.1 Å². The van der Waals surface area contributed by atoms with Crippen LogP contribution in [0.25, 0.3) is 0 Å². The minimum Gasteiger partial charge on any atom is -0.454 e. The molecule has 0 radical (unpaired) electrons. The van der Waals surface area contributed by atoms with Crippen molar-refractivity contribution in [1.29, 1.82) is 0 Å². The molecule has 0 saturated carbocycles. The summed E-state index contributed by atoms with van der Waals surface area (Å²) in [5.41, 5.74) is 5.74. The molecular formula is C13H11FN2O3. The summed E-state index contributed by atoms with van der Waals surface area (Å²) in [5.74, 6) is -0.180. The van der Waals surface area contributed by atoms with Crippen molar-refractivity contribution in [1.82, 2.24) is 0 Å². The van der Waals surface area contributed by atoms with Crippen molar-refractivity contribution in [3.63, 3.8) is 0 Å². The largest absolute Gasteiger partial charge is 0.454 e. The molecule has 0 bridgehead atoms. The van der Waals surface area contributed by atoms with Crippen molar-refractivity contribution < 1.29 is 14.1 Å². The molecule has 0 saturated heterocycles. The molecule has 2 rings (SSSR count). The number of nitrogens with two attached hydrogens (primary N) is 1. The van der Waals surface area contributed by atoms with E-state index in [4.69, 9.17) is 10.5 Å². The highest BCUT2D eigenvalue weighted by Crippen LogP contribution is 2.30. The van der Waals surface area contributed by atoms with Crippen LogP contribution in [0.4, 0.5) is 15.8 Å². The smallest absolute Gasteiger partial charge is 0.292 e. The Bertz CT molecular complexity index is 644. The van der Waals surface area contributed by atoms with Crippen LogP contribution in [0, 0.1) is 22.9 Å². The van der Waals surface area contributed by atoms with Crippen molar-refractivity contribution in [3.05, 3.63) is 57.9 Å². The lowest BCUT2D eigenvalue weighted by molar-refractivity contribution is -0.383. The van der Waals surface area contributed by atoms with Crippen LogP contribution in [-0.2, 0) is 0 Å². The van der Waals surface area contributed by atoms with Crippen LogP contribution in [0.3, 0.4) is 0 Å². The fraction of sp³-hybridized carbons (Fsp3) is 0.0769. The van der Waals surface area contributed by atoms with E-state index >= 15 is 0 Å². The Morgan fingerprint density at radius 1 is 1.32 bits per heavy atom. The van der Waals surface area contributed by atoms with Gasteiger partial charge in [0.15, 0.2) is 11.6 Å². The summed E-state index contributed by atoms with van der Waals surface area (Å²) in [6, 6.07) is 8.63. The zero-order chi connectivity index (χ0) is 14.0. The monoisotopic (exact) mass is 262 g/mol. The molecule has 2 aromatic carbocycles. The van der Waals surface area contributed by atoms with E-state index in [1.165, 1.54) is 24.3 Å². The number of nitrogens with zero attached hydrogens (tertiary/aromatic N) is 1. The highest BCUT2D eigenvalue weighted by atomic mass is 19.1. The van der Waals surface area contributed by atoms with Gasteiger partial charge < -0.3 is 10.5 Å². The van der Waals surface area contributed by atoms with Gasteiger partial charge in [0.1, 0.15) is 11.4 Å². The van der Waals surface area contributed by atoms with Crippen LogP contribution in [0.2, 0.25) is 0 Å². The summed E-state index contributed by atoms with van der Waals surface area (Å²) < 4.78 is 19.1. The van der Waals surface area contributed by atoms with Gasteiger partial charge >= 0.3 is 0 Å². The van der Waals surface area contributed by atoms with Crippen LogP contribution in [0.5, 0.6) is 11.5 Å². The van der Waals surface area contributed by atoms with Crippen molar-refractivity contribution in [2.24, 2.45) is 0 Å². The second-order valence-electron chi connectivity index (χ2n) is 3.97. The highest BCUT2D eigenvalue weighted by molar-refractivity contribution is 5.61. The first-order chi connectivity index (χ1) is 8.99. The highest BCUT2D eigenvalue weighted by Gasteiger charge is 2.13. The van der Waals surface area contributed by atoms with Gasteiger partial charge in [-0.15, -0.1) is 0 Å². The first kappa shape index (κ1) is 12.8. The lowest BCUT2D eigenvalue weighted by Crippen LogP contribution is -1.96. The normalized spacial score (nSPS) is 10.2. The van der Waals surface area contributed by atoms with Crippen LogP contribution in [0.1, 0.15) is 5.56 Å². The molecule has 0 amide bonds. The molecule has 0 unspecified atom stereocenters. The fourth-order valence-electron chi connectivity index (χ4n) is 1.59. The predicted octanol–water partition coefficient (Wildman–Crippen LogP) is 3.42. The summed E-state index contributed by atoms with van der Waals surface area (Å²) in [5, 5.41) is 10.6. The minimum absolute atomic E-state index is 0.0319. The molecule has 98 valence electrons. The third-order valence-corrected chi connectivity index (χ3v) is 2.58. The number of nitro groups is 1. The van der Waals surface area contributed by atoms with Crippen LogP contribution in [-0.4, -0.2) is 4.92 Å². The van der Waals surface area contributed by atoms with E-state index in [-0.39, 0.29) is 22.9 Å². The maximum Gasteiger partial charge on any atom is 0.292 e. The van der Waals surface area contributed by atoms with Gasteiger partial charge in [0.25, 0.3) is 5.69 Å². The van der Waals surface area contributed by atoms with Gasteiger partial charge in [-0.25, -0.2) is 4.39 Å². The van der Waals surface area contributed by atoms with Gasteiger partial charge in [0.05, 0.1) is 4.92 Å². The number of hydrogen-bond acceptors (Lipinski definition) is 4. The molecule has 2 aromatic rings. The summed E-state index contributed by atoms with van der Waals surface area (Å²) in [4.78, 5) is 10.0. The van der Waals surface area contributed by atoms with Crippen LogP contribution < -0.4 is 10.5 Å². The van der Waals surface area contributed by atoms with E-state index in [1.807, 2.05) is 0 Å². The third-order valence-electron chi connectivity index (χ3n) is 2.58. The quantitative estimate of drug-likeness (QED) is 0.522. The molecule has 0 aliphatic rings. The molecule has 0 heterocycles. The molecule has 0 fully saturated rings. The molecule has 5 nitrogen and oxygen atoms in total. The van der Waals surface area contributed by atoms with Gasteiger partial charge in [-0.05, 0) is 24.6 Å². The molecule has 0 atom stereocenters. The van der Waals surface area contributed by atoms with E-state index in [1.54, 1.807) is 19.1 Å². The molecule has 2 N–H and O–H groups in total. The summed E-state index contributed by atoms with van der Waals surface area (Å²) in [6.07, 6.45) is 0. The van der Waals surface area contributed by atoms with E-state index < -0.39 is 10.7 Å². The first-order valence-electron chi connectivity index (χ1n) is 5.46. The molecule has 0 aromatic heterocycles. The van der Waals surface area contributed by atoms with Gasteiger partial charge in [0.2, 0.25) is 0 Å². The first-order valence-corrected chi connectivity index (χ1v) is 5.46. The van der Waals surface area contributed by atoms with Crippen molar-refractivity contribution in [2.45, 2.75) is 6.92 Å². The maximum atomic E-state index is 13.7. The van der Waals surface area contributed by atoms with E-state index in [0.29, 0.717) is 5.56 Å². The SMILES string of the molecule is Cc1cccc(Oc2ccc([N+](=O)[O-])c(N)c2)c1F. The number of nitro benzene ring substituents is 1. The number of benzene rings is 2. The Labute approximate surface area is 108 Å². The molecule has 0 spiro atoms. The summed E-state index contributed by atoms with van der Waals surface area (Å²) >= 11 is 0. The Morgan fingerprint density at radius 2 is 2.05 bits per heavy atom. The van der Waals surface area contributed by atoms with Crippen molar-refractivity contribution >= 4 is 11.4 Å². The van der Waals surface area contributed by atoms with E-state index in [0.717, 1.165) is 0 Å². The van der Waals surface area contributed by atoms with Gasteiger partial charge in [0, 0.05) is 12.1 Å². The van der Waals surface area contributed by atoms with Gasteiger partial charge in [-0.2, -0.15) is 0 Å². The number of halogens is 1. The molecule has 0 aliphatic heterocycles. The topological polar surface area (TPSA) is 78.4 Å². The summed E-state index contributed by atoms with van der Waals surface area (Å²) in [7, 11) is 0. The second-order valence-corrected chi connectivity index (χ2v) is 3.97. The number of ether oxygens (including phenoxy) is 1. The molecule has 19 heavy (non-hydrogen) atoms. The predicted molar refractivity (Wildman–Crippen MR) is 68.7 cm³/mol. The minimum atomic E-state index is -0.591. The maximum absolute atomic E-state index is 13.7. The molecular weight excluding hydrogens is 251 g/mol. The van der Waals surface area contributed by atoms with Crippen LogP contribution in [0.15, 0.2) is 36.4 Å². The van der Waals surface area contributed by atoms with E-state index in [2.05, 4.69) is 0 Å². The number of nitrogen functional groups attached to an aromatic ring is 1. The Hall–Kier alpha value is -2.63. The van der Waals surface area contributed by atoms with Crippen molar-refractivity contribution in [2.75, 3.05) is 5.73 Å². The Kier molecular flexibility index (Phi) is 3.33.